The molecule has 0 radical (unpaired) electrons. The molecule has 0 aromatic heterocycles. The van der Waals surface area contributed by atoms with E-state index in [1.54, 1.807) is 0 Å². The lowest BCUT2D eigenvalue weighted by molar-refractivity contribution is 0.473. The second-order valence-electron chi connectivity index (χ2n) is 18.2. The molecular weight excluding hydrogens is 779 g/mol. The zero-order valence-electron chi connectivity index (χ0n) is 36.5. The van der Waals surface area contributed by atoms with Gasteiger partial charge in [0.2, 0.25) is 0 Å². The summed E-state index contributed by atoms with van der Waals surface area (Å²) in [4.78, 5) is 7.11. The Hall–Kier alpha value is -7.82. The standard InChI is InChI=1S/C60H47N3O/c1-59(2)51-34-45(61(40-20-10-5-11-21-40)41-22-12-6-13-23-41)30-32-47(51)49-36-55-57(38-53(49)59)64-58-39-54-50(37-56(58)63(55)44-28-18-9-19-29-44)48-33-31-46(35-52(48)60(54,3)4)62(42-24-14-7-15-25-42)43-26-16-8-17-27-43/h5-39H,1-4H3. The van der Waals surface area contributed by atoms with E-state index < -0.39 is 0 Å². The minimum Gasteiger partial charge on any atom is -0.453 e. The molecule has 0 saturated heterocycles. The van der Waals surface area contributed by atoms with Crippen molar-refractivity contribution in [2.24, 2.45) is 0 Å². The SMILES string of the molecule is CC1(C)c2cc(N(c3ccccc3)c3ccccc3)ccc2-c2cc3c(cc21)Oc1cc2c(cc1N3c1ccccc1)-c1ccc(N(c3ccccc3)c3ccccc3)cc1C2(C)C. The van der Waals surface area contributed by atoms with E-state index in [4.69, 9.17) is 4.74 Å². The summed E-state index contributed by atoms with van der Waals surface area (Å²) in [6.07, 6.45) is 0. The van der Waals surface area contributed by atoms with Gasteiger partial charge in [0, 0.05) is 50.6 Å². The maximum atomic E-state index is 7.16. The van der Waals surface area contributed by atoms with Crippen LogP contribution in [0.3, 0.4) is 0 Å². The summed E-state index contributed by atoms with van der Waals surface area (Å²) >= 11 is 0. The van der Waals surface area contributed by atoms with E-state index in [1.165, 1.54) is 44.5 Å². The first kappa shape index (κ1) is 37.9. The molecule has 64 heavy (non-hydrogen) atoms. The normalized spacial score (nSPS) is 14.3. The highest BCUT2D eigenvalue weighted by Crippen LogP contribution is 2.61. The summed E-state index contributed by atoms with van der Waals surface area (Å²) in [6, 6.07) is 76.7. The minimum absolute atomic E-state index is 0.275. The molecule has 0 spiro atoms. The van der Waals surface area contributed by atoms with Crippen molar-refractivity contribution in [1.82, 2.24) is 0 Å². The summed E-state index contributed by atoms with van der Waals surface area (Å²) < 4.78 is 7.16. The highest BCUT2D eigenvalue weighted by atomic mass is 16.5. The van der Waals surface area contributed by atoms with Crippen molar-refractivity contribution in [1.29, 1.82) is 0 Å². The molecule has 3 aliphatic rings. The number of nitrogens with zero attached hydrogens (tertiary/aromatic N) is 3. The fraction of sp³-hybridized carbons (Fsp3) is 0.100. The molecule has 1 aliphatic heterocycles. The second kappa shape index (κ2) is 14.4. The van der Waals surface area contributed by atoms with Crippen LogP contribution in [0.15, 0.2) is 212 Å². The third-order valence-corrected chi connectivity index (χ3v) is 13.8. The second-order valence-corrected chi connectivity index (χ2v) is 18.2. The van der Waals surface area contributed by atoms with Gasteiger partial charge in [-0.2, -0.15) is 0 Å². The predicted molar refractivity (Wildman–Crippen MR) is 266 cm³/mol. The van der Waals surface area contributed by atoms with Gasteiger partial charge in [0.15, 0.2) is 11.5 Å². The molecule has 9 aromatic rings. The van der Waals surface area contributed by atoms with Gasteiger partial charge >= 0.3 is 0 Å². The highest BCUT2D eigenvalue weighted by molar-refractivity contribution is 5.96. The van der Waals surface area contributed by atoms with Crippen LogP contribution < -0.4 is 19.4 Å². The van der Waals surface area contributed by atoms with Crippen LogP contribution in [0.25, 0.3) is 22.3 Å². The van der Waals surface area contributed by atoms with Crippen LogP contribution in [0.1, 0.15) is 49.9 Å². The predicted octanol–water partition coefficient (Wildman–Crippen LogP) is 16.8. The Morgan fingerprint density at radius 1 is 0.328 bits per heavy atom. The summed E-state index contributed by atoms with van der Waals surface area (Å²) in [7, 11) is 0. The molecule has 0 bridgehead atoms. The number of hydrogen-bond acceptors (Lipinski definition) is 4. The van der Waals surface area contributed by atoms with Gasteiger partial charge < -0.3 is 19.4 Å². The third kappa shape index (κ3) is 5.83. The lowest BCUT2D eigenvalue weighted by Crippen LogP contribution is -2.20. The van der Waals surface area contributed by atoms with Crippen LogP contribution in [0.4, 0.5) is 51.2 Å². The van der Waals surface area contributed by atoms with E-state index in [9.17, 15) is 0 Å². The molecule has 0 saturated carbocycles. The first-order valence-electron chi connectivity index (χ1n) is 22.3. The van der Waals surface area contributed by atoms with Crippen LogP contribution in [-0.4, -0.2) is 0 Å². The van der Waals surface area contributed by atoms with Crippen LogP contribution in [0.2, 0.25) is 0 Å². The van der Waals surface area contributed by atoms with Gasteiger partial charge in [-0.1, -0.05) is 131 Å². The topological polar surface area (TPSA) is 19.0 Å². The van der Waals surface area contributed by atoms with Gasteiger partial charge in [-0.15, -0.1) is 0 Å². The molecule has 9 aromatic carbocycles. The van der Waals surface area contributed by atoms with Crippen molar-refractivity contribution in [2.75, 3.05) is 14.7 Å². The van der Waals surface area contributed by atoms with E-state index in [1.807, 2.05) is 0 Å². The number of benzene rings is 9. The zero-order chi connectivity index (χ0) is 43.2. The van der Waals surface area contributed by atoms with Gasteiger partial charge in [0.1, 0.15) is 0 Å². The van der Waals surface area contributed by atoms with E-state index in [0.717, 1.165) is 62.7 Å². The molecule has 4 heteroatoms. The van der Waals surface area contributed by atoms with Gasteiger partial charge in [0.05, 0.1) is 11.4 Å². The number of anilines is 9. The molecule has 4 nitrogen and oxygen atoms in total. The molecule has 1 heterocycles. The maximum Gasteiger partial charge on any atom is 0.151 e. The number of para-hydroxylation sites is 5. The minimum atomic E-state index is -0.275. The van der Waals surface area contributed by atoms with Crippen molar-refractivity contribution in [2.45, 2.75) is 38.5 Å². The van der Waals surface area contributed by atoms with Crippen molar-refractivity contribution in [3.05, 3.63) is 235 Å². The molecule has 0 fully saturated rings. The molecule has 308 valence electrons. The van der Waals surface area contributed by atoms with Crippen molar-refractivity contribution >= 4 is 51.2 Å². The average Bonchev–Trinajstić information content (AvgIpc) is 3.68. The van der Waals surface area contributed by atoms with Crippen LogP contribution >= 0.6 is 0 Å². The number of ether oxygens (including phenoxy) is 1. The number of rotatable bonds is 7. The van der Waals surface area contributed by atoms with Gasteiger partial charge in [-0.25, -0.2) is 0 Å². The van der Waals surface area contributed by atoms with E-state index in [-0.39, 0.29) is 10.8 Å². The Morgan fingerprint density at radius 2 is 0.656 bits per heavy atom. The van der Waals surface area contributed by atoms with Gasteiger partial charge in [-0.3, -0.25) is 0 Å². The molecular formula is C60H47N3O. The van der Waals surface area contributed by atoms with Crippen LogP contribution in [0, 0.1) is 0 Å². The summed E-state index contributed by atoms with van der Waals surface area (Å²) in [6.45, 7) is 9.41. The molecule has 0 N–H and O–H groups in total. The number of hydrogen-bond donors (Lipinski definition) is 0. The van der Waals surface area contributed by atoms with Gasteiger partial charge in [-0.05, 0) is 154 Å². The molecule has 2 aliphatic carbocycles. The Balaban J connectivity index is 0.983. The van der Waals surface area contributed by atoms with Crippen molar-refractivity contribution in [3.8, 4) is 33.8 Å². The summed E-state index contributed by atoms with van der Waals surface area (Å²) in [5.41, 5.74) is 19.5. The fourth-order valence-corrected chi connectivity index (χ4v) is 10.6. The molecule has 0 unspecified atom stereocenters. The Morgan fingerprint density at radius 3 is 1.02 bits per heavy atom. The quantitative estimate of drug-likeness (QED) is 0.159. The average molecular weight is 826 g/mol. The highest BCUT2D eigenvalue weighted by Gasteiger charge is 2.42. The first-order chi connectivity index (χ1) is 31.3. The Bertz CT molecular complexity index is 2960. The van der Waals surface area contributed by atoms with Crippen molar-refractivity contribution in [3.63, 3.8) is 0 Å². The van der Waals surface area contributed by atoms with Crippen LogP contribution in [-0.2, 0) is 10.8 Å². The summed E-state index contributed by atoms with van der Waals surface area (Å²) in [5, 5.41) is 0. The first-order valence-corrected chi connectivity index (χ1v) is 22.3. The molecule has 0 amide bonds. The van der Waals surface area contributed by atoms with E-state index in [2.05, 4.69) is 255 Å². The lowest BCUT2D eigenvalue weighted by atomic mass is 9.81. The summed E-state index contributed by atoms with van der Waals surface area (Å²) in [5.74, 6) is 1.73. The van der Waals surface area contributed by atoms with Crippen molar-refractivity contribution < 1.29 is 4.74 Å². The molecule has 0 atom stereocenters. The Kier molecular flexibility index (Phi) is 8.51. The largest absolute Gasteiger partial charge is 0.453 e. The third-order valence-electron chi connectivity index (χ3n) is 13.8. The Labute approximate surface area is 375 Å². The van der Waals surface area contributed by atoms with Crippen LogP contribution in [0.5, 0.6) is 11.5 Å². The zero-order valence-corrected chi connectivity index (χ0v) is 36.5. The maximum absolute atomic E-state index is 7.16. The molecule has 12 rings (SSSR count). The van der Waals surface area contributed by atoms with Gasteiger partial charge in [0.25, 0.3) is 0 Å². The van der Waals surface area contributed by atoms with E-state index >= 15 is 0 Å². The number of fused-ring (bicyclic) bond motifs is 8. The lowest BCUT2D eigenvalue weighted by Gasteiger charge is -2.35. The monoisotopic (exact) mass is 825 g/mol. The fourth-order valence-electron chi connectivity index (χ4n) is 10.6. The smallest absolute Gasteiger partial charge is 0.151 e. The van der Waals surface area contributed by atoms with E-state index in [0.29, 0.717) is 0 Å².